The molecule has 1 N–H and O–H groups in total. The molecule has 0 bridgehead atoms. The molecule has 3 nitrogen and oxygen atoms in total. The predicted octanol–water partition coefficient (Wildman–Crippen LogP) is 2.90. The fourth-order valence-electron chi connectivity index (χ4n) is 2.72. The minimum Gasteiger partial charge on any atom is -0.383 e. The van der Waals surface area contributed by atoms with Crippen molar-refractivity contribution < 1.29 is 4.74 Å². The van der Waals surface area contributed by atoms with Crippen molar-refractivity contribution in [2.24, 2.45) is 5.41 Å². The van der Waals surface area contributed by atoms with Crippen LogP contribution in [-0.2, 0) is 4.74 Å². The smallest absolute Gasteiger partial charge is 0.0589 e. The zero-order valence-electron chi connectivity index (χ0n) is 13.7. The lowest BCUT2D eigenvalue weighted by atomic mass is 9.91. The number of rotatable bonds is 11. The van der Waals surface area contributed by atoms with E-state index >= 15 is 0 Å². The summed E-state index contributed by atoms with van der Waals surface area (Å²) >= 11 is 0. The third-order valence-corrected chi connectivity index (χ3v) is 4.12. The molecule has 0 aromatic heterocycles. The molecule has 0 aromatic rings. The first-order valence-corrected chi connectivity index (χ1v) is 7.98. The molecule has 0 saturated heterocycles. The summed E-state index contributed by atoms with van der Waals surface area (Å²) in [4.78, 5) is 2.62. The fourth-order valence-corrected chi connectivity index (χ4v) is 2.72. The highest BCUT2D eigenvalue weighted by Gasteiger charge is 2.28. The minimum atomic E-state index is 0.332. The molecule has 114 valence electrons. The maximum Gasteiger partial charge on any atom is 0.0589 e. The van der Waals surface area contributed by atoms with Crippen molar-refractivity contribution >= 4 is 0 Å². The third-order valence-electron chi connectivity index (χ3n) is 4.12. The van der Waals surface area contributed by atoms with Gasteiger partial charge in [-0.05, 0) is 31.1 Å². The molecule has 0 heterocycles. The minimum absolute atomic E-state index is 0.332. The van der Waals surface area contributed by atoms with Gasteiger partial charge in [0.05, 0.1) is 6.61 Å². The van der Waals surface area contributed by atoms with Crippen molar-refractivity contribution in [2.75, 3.05) is 33.4 Å². The Labute approximate surface area is 120 Å². The molecule has 0 spiro atoms. The van der Waals surface area contributed by atoms with Gasteiger partial charge in [-0.1, -0.05) is 27.7 Å². The molecular weight excluding hydrogens is 236 g/mol. The second-order valence-electron chi connectivity index (χ2n) is 6.75. The molecule has 1 aliphatic carbocycles. The van der Waals surface area contributed by atoms with Crippen LogP contribution in [0.3, 0.4) is 0 Å². The van der Waals surface area contributed by atoms with E-state index in [2.05, 4.69) is 37.9 Å². The van der Waals surface area contributed by atoms with Gasteiger partial charge in [0.2, 0.25) is 0 Å². The van der Waals surface area contributed by atoms with Gasteiger partial charge in [-0.3, -0.25) is 4.90 Å². The molecule has 0 aromatic carbocycles. The number of ether oxygens (including phenoxy) is 1. The Bertz CT molecular complexity index is 235. The van der Waals surface area contributed by atoms with Crippen molar-refractivity contribution in [3.8, 4) is 0 Å². The number of hydrogen-bond acceptors (Lipinski definition) is 3. The van der Waals surface area contributed by atoms with E-state index in [4.69, 9.17) is 4.74 Å². The summed E-state index contributed by atoms with van der Waals surface area (Å²) in [5.74, 6) is 0. The zero-order chi connectivity index (χ0) is 14.3. The van der Waals surface area contributed by atoms with E-state index in [1.54, 1.807) is 7.11 Å². The number of nitrogens with one attached hydrogen (secondary N) is 1. The standard InChI is InChI=1S/C16H34N2O/c1-6-15(7-2)18(10-11-19-5)13-16(3,4)12-17-14-8-9-14/h14-15,17H,6-13H2,1-5H3. The van der Waals surface area contributed by atoms with Crippen molar-refractivity contribution in [3.05, 3.63) is 0 Å². The van der Waals surface area contributed by atoms with E-state index in [-0.39, 0.29) is 0 Å². The Hall–Kier alpha value is -0.120. The number of methoxy groups -OCH3 is 1. The molecule has 3 heteroatoms. The van der Waals surface area contributed by atoms with Gasteiger partial charge in [-0.15, -0.1) is 0 Å². The molecule has 0 radical (unpaired) electrons. The van der Waals surface area contributed by atoms with E-state index in [9.17, 15) is 0 Å². The molecule has 0 unspecified atom stereocenters. The average molecular weight is 270 g/mol. The van der Waals surface area contributed by atoms with Crippen LogP contribution in [-0.4, -0.2) is 50.3 Å². The van der Waals surface area contributed by atoms with Crippen LogP contribution in [0.5, 0.6) is 0 Å². The number of nitrogens with zero attached hydrogens (tertiary/aromatic N) is 1. The molecule has 1 rings (SSSR count). The van der Waals surface area contributed by atoms with Crippen LogP contribution in [0, 0.1) is 5.41 Å². The lowest BCUT2D eigenvalue weighted by Crippen LogP contribution is -2.46. The SMILES string of the molecule is CCC(CC)N(CCOC)CC(C)(C)CNC1CC1. The Morgan fingerprint density at radius 3 is 2.37 bits per heavy atom. The van der Waals surface area contributed by atoms with E-state index in [1.165, 1.54) is 25.7 Å². The van der Waals surface area contributed by atoms with Crippen molar-refractivity contribution in [3.63, 3.8) is 0 Å². The second-order valence-corrected chi connectivity index (χ2v) is 6.75. The fraction of sp³-hybridized carbons (Fsp3) is 1.00. The normalized spacial score (nSPS) is 16.6. The Balaban J connectivity index is 2.46. The first-order chi connectivity index (χ1) is 9.02. The number of hydrogen-bond donors (Lipinski definition) is 1. The highest BCUT2D eigenvalue weighted by Crippen LogP contribution is 2.23. The van der Waals surface area contributed by atoms with Gasteiger partial charge in [0.1, 0.15) is 0 Å². The zero-order valence-corrected chi connectivity index (χ0v) is 13.7. The maximum atomic E-state index is 5.28. The van der Waals surface area contributed by atoms with Crippen LogP contribution >= 0.6 is 0 Å². The van der Waals surface area contributed by atoms with Crippen LogP contribution in [0.2, 0.25) is 0 Å². The van der Waals surface area contributed by atoms with E-state index in [0.29, 0.717) is 11.5 Å². The van der Waals surface area contributed by atoms with Gasteiger partial charge < -0.3 is 10.1 Å². The monoisotopic (exact) mass is 270 g/mol. The van der Waals surface area contributed by atoms with Gasteiger partial charge in [0.15, 0.2) is 0 Å². The molecule has 0 aliphatic heterocycles. The van der Waals surface area contributed by atoms with Gasteiger partial charge in [0.25, 0.3) is 0 Å². The highest BCUT2D eigenvalue weighted by molar-refractivity contribution is 4.86. The Morgan fingerprint density at radius 1 is 1.26 bits per heavy atom. The molecule has 0 atom stereocenters. The largest absolute Gasteiger partial charge is 0.383 e. The lowest BCUT2D eigenvalue weighted by molar-refractivity contribution is 0.0813. The quantitative estimate of drug-likeness (QED) is 0.625. The molecule has 1 aliphatic rings. The van der Waals surface area contributed by atoms with Crippen LogP contribution < -0.4 is 5.32 Å². The molecule has 1 fully saturated rings. The molecule has 19 heavy (non-hydrogen) atoms. The summed E-state index contributed by atoms with van der Waals surface area (Å²) in [5, 5.41) is 3.68. The van der Waals surface area contributed by atoms with Gasteiger partial charge in [0, 0.05) is 38.8 Å². The van der Waals surface area contributed by atoms with Gasteiger partial charge in [-0.25, -0.2) is 0 Å². The summed E-state index contributed by atoms with van der Waals surface area (Å²) in [5.41, 5.74) is 0.332. The summed E-state index contributed by atoms with van der Waals surface area (Å²) in [6, 6.07) is 1.50. The van der Waals surface area contributed by atoms with Gasteiger partial charge in [-0.2, -0.15) is 0 Å². The van der Waals surface area contributed by atoms with E-state index in [0.717, 1.165) is 32.3 Å². The summed E-state index contributed by atoms with van der Waals surface area (Å²) < 4.78 is 5.28. The average Bonchev–Trinajstić information content (AvgIpc) is 3.18. The Kier molecular flexibility index (Phi) is 7.33. The first-order valence-electron chi connectivity index (χ1n) is 7.98. The van der Waals surface area contributed by atoms with Crippen molar-refractivity contribution in [1.29, 1.82) is 0 Å². The van der Waals surface area contributed by atoms with E-state index < -0.39 is 0 Å². The maximum absolute atomic E-state index is 5.28. The van der Waals surface area contributed by atoms with Gasteiger partial charge >= 0.3 is 0 Å². The van der Waals surface area contributed by atoms with Crippen LogP contribution in [0.25, 0.3) is 0 Å². The van der Waals surface area contributed by atoms with Crippen LogP contribution in [0.4, 0.5) is 0 Å². The molecule has 1 saturated carbocycles. The predicted molar refractivity (Wildman–Crippen MR) is 82.6 cm³/mol. The van der Waals surface area contributed by atoms with Crippen molar-refractivity contribution in [1.82, 2.24) is 10.2 Å². The van der Waals surface area contributed by atoms with Crippen LogP contribution in [0.1, 0.15) is 53.4 Å². The van der Waals surface area contributed by atoms with Crippen LogP contribution in [0.15, 0.2) is 0 Å². The third kappa shape index (κ3) is 6.73. The summed E-state index contributed by atoms with van der Waals surface area (Å²) in [6.45, 7) is 13.5. The van der Waals surface area contributed by atoms with Crippen molar-refractivity contribution in [2.45, 2.75) is 65.5 Å². The first kappa shape index (κ1) is 16.9. The summed E-state index contributed by atoms with van der Waals surface area (Å²) in [6.07, 6.45) is 5.20. The highest BCUT2D eigenvalue weighted by atomic mass is 16.5. The topological polar surface area (TPSA) is 24.5 Å². The van der Waals surface area contributed by atoms with E-state index in [1.807, 2.05) is 0 Å². The molecular formula is C16H34N2O. The summed E-state index contributed by atoms with van der Waals surface area (Å²) in [7, 11) is 1.80. The Morgan fingerprint density at radius 2 is 1.89 bits per heavy atom. The second kappa shape index (κ2) is 8.23. The lowest BCUT2D eigenvalue weighted by Gasteiger charge is -2.37. The molecule has 0 amide bonds.